The summed E-state index contributed by atoms with van der Waals surface area (Å²) >= 11 is 0. The lowest BCUT2D eigenvalue weighted by atomic mass is 10.1. The van der Waals surface area contributed by atoms with E-state index in [0.717, 1.165) is 12.8 Å². The number of nitrogens with zero attached hydrogens (tertiary/aromatic N) is 1. The highest BCUT2D eigenvalue weighted by molar-refractivity contribution is 5.04. The number of aromatic nitrogens is 1. The van der Waals surface area contributed by atoms with E-state index >= 15 is 0 Å². The molecule has 2 nitrogen and oxygen atoms in total. The fourth-order valence-electron chi connectivity index (χ4n) is 1.37. The van der Waals surface area contributed by atoms with E-state index in [0.29, 0.717) is 12.2 Å². The Balaban J connectivity index is 1.80. The molecule has 1 fully saturated rings. The van der Waals surface area contributed by atoms with Crippen LogP contribution >= 0.6 is 0 Å². The summed E-state index contributed by atoms with van der Waals surface area (Å²) in [5, 5.41) is 0. The monoisotopic (exact) mass is 163 g/mol. The fourth-order valence-corrected chi connectivity index (χ4v) is 1.37. The zero-order valence-corrected chi connectivity index (χ0v) is 7.23. The summed E-state index contributed by atoms with van der Waals surface area (Å²) < 4.78 is 5.31. The Labute approximate surface area is 72.6 Å². The van der Waals surface area contributed by atoms with Gasteiger partial charge in [0.25, 0.3) is 0 Å². The van der Waals surface area contributed by atoms with Gasteiger partial charge in [0.2, 0.25) is 0 Å². The summed E-state index contributed by atoms with van der Waals surface area (Å²) in [4.78, 5) is 4.25. The molecule has 0 saturated carbocycles. The van der Waals surface area contributed by atoms with Gasteiger partial charge in [0.15, 0.2) is 0 Å². The SMILES string of the molecule is CC1OC1CCc1ccccn1. The minimum atomic E-state index is 0.480. The maximum absolute atomic E-state index is 5.31. The molecule has 0 aromatic carbocycles. The van der Waals surface area contributed by atoms with Crippen LogP contribution in [0.3, 0.4) is 0 Å². The van der Waals surface area contributed by atoms with Crippen molar-refractivity contribution in [3.05, 3.63) is 30.1 Å². The van der Waals surface area contributed by atoms with Gasteiger partial charge in [-0.3, -0.25) is 4.98 Å². The summed E-state index contributed by atoms with van der Waals surface area (Å²) in [6.45, 7) is 2.11. The van der Waals surface area contributed by atoms with Gasteiger partial charge in [-0.25, -0.2) is 0 Å². The number of epoxide rings is 1. The number of hydrogen-bond donors (Lipinski definition) is 0. The second-order valence-electron chi connectivity index (χ2n) is 3.24. The normalized spacial score (nSPS) is 27.1. The third-order valence-corrected chi connectivity index (χ3v) is 2.25. The zero-order chi connectivity index (χ0) is 8.39. The fraction of sp³-hybridized carbons (Fsp3) is 0.500. The number of rotatable bonds is 3. The van der Waals surface area contributed by atoms with Crippen molar-refractivity contribution in [2.45, 2.75) is 32.0 Å². The Morgan fingerprint density at radius 1 is 1.50 bits per heavy atom. The van der Waals surface area contributed by atoms with E-state index in [1.165, 1.54) is 5.69 Å². The van der Waals surface area contributed by atoms with Crippen molar-refractivity contribution in [1.29, 1.82) is 0 Å². The molecule has 2 heterocycles. The molecule has 1 aromatic rings. The molecule has 2 atom stereocenters. The number of ether oxygens (including phenoxy) is 1. The molecule has 12 heavy (non-hydrogen) atoms. The lowest BCUT2D eigenvalue weighted by molar-refractivity contribution is 0.370. The molecule has 2 unspecified atom stereocenters. The topological polar surface area (TPSA) is 25.4 Å². The summed E-state index contributed by atoms with van der Waals surface area (Å²) in [7, 11) is 0. The highest BCUT2D eigenvalue weighted by atomic mass is 16.6. The highest BCUT2D eigenvalue weighted by Gasteiger charge is 2.33. The van der Waals surface area contributed by atoms with Crippen LogP contribution in [-0.2, 0) is 11.2 Å². The Morgan fingerprint density at radius 3 is 2.92 bits per heavy atom. The van der Waals surface area contributed by atoms with Gasteiger partial charge in [0, 0.05) is 11.9 Å². The van der Waals surface area contributed by atoms with Crippen LogP contribution in [0.15, 0.2) is 24.4 Å². The first-order valence-corrected chi connectivity index (χ1v) is 4.41. The molecule has 0 aliphatic carbocycles. The van der Waals surface area contributed by atoms with Crippen LogP contribution in [0.2, 0.25) is 0 Å². The van der Waals surface area contributed by atoms with Gasteiger partial charge in [-0.15, -0.1) is 0 Å². The van der Waals surface area contributed by atoms with Gasteiger partial charge >= 0.3 is 0 Å². The maximum Gasteiger partial charge on any atom is 0.0842 e. The largest absolute Gasteiger partial charge is 0.370 e. The molecule has 64 valence electrons. The number of hydrogen-bond acceptors (Lipinski definition) is 2. The van der Waals surface area contributed by atoms with Crippen LogP contribution in [0.25, 0.3) is 0 Å². The molecule has 1 aromatic heterocycles. The molecular weight excluding hydrogens is 150 g/mol. The molecule has 1 saturated heterocycles. The lowest BCUT2D eigenvalue weighted by Crippen LogP contribution is -1.95. The molecule has 0 N–H and O–H groups in total. The molecule has 1 aliphatic rings. The van der Waals surface area contributed by atoms with Crippen molar-refractivity contribution in [2.24, 2.45) is 0 Å². The van der Waals surface area contributed by atoms with Crippen molar-refractivity contribution < 1.29 is 4.74 Å². The second-order valence-corrected chi connectivity index (χ2v) is 3.24. The Hall–Kier alpha value is -0.890. The van der Waals surface area contributed by atoms with E-state index in [-0.39, 0.29) is 0 Å². The van der Waals surface area contributed by atoms with Crippen LogP contribution in [0.4, 0.5) is 0 Å². The van der Waals surface area contributed by atoms with Gasteiger partial charge in [-0.05, 0) is 31.9 Å². The van der Waals surface area contributed by atoms with Gasteiger partial charge in [-0.1, -0.05) is 6.07 Å². The Morgan fingerprint density at radius 2 is 2.33 bits per heavy atom. The molecule has 2 rings (SSSR count). The number of pyridine rings is 1. The predicted molar refractivity (Wildman–Crippen MR) is 46.9 cm³/mol. The molecule has 0 bridgehead atoms. The molecule has 0 spiro atoms. The van der Waals surface area contributed by atoms with Gasteiger partial charge in [-0.2, -0.15) is 0 Å². The minimum Gasteiger partial charge on any atom is -0.370 e. The third-order valence-electron chi connectivity index (χ3n) is 2.25. The Bertz CT molecular complexity index is 247. The summed E-state index contributed by atoms with van der Waals surface area (Å²) in [6, 6.07) is 6.03. The molecule has 0 amide bonds. The maximum atomic E-state index is 5.31. The standard InChI is InChI=1S/C10H13NO/c1-8-10(12-8)6-5-9-4-2-3-7-11-9/h2-4,7-8,10H,5-6H2,1H3. The summed E-state index contributed by atoms with van der Waals surface area (Å²) in [5.41, 5.74) is 1.17. The Kier molecular flexibility index (Phi) is 2.09. The molecule has 0 radical (unpaired) electrons. The average Bonchev–Trinajstić information content (AvgIpc) is 2.81. The second kappa shape index (κ2) is 3.23. The van der Waals surface area contributed by atoms with Crippen molar-refractivity contribution >= 4 is 0 Å². The molecular formula is C10H13NO. The molecule has 1 aliphatic heterocycles. The summed E-state index contributed by atoms with van der Waals surface area (Å²) in [6.07, 6.45) is 4.96. The van der Waals surface area contributed by atoms with Crippen LogP contribution in [0.1, 0.15) is 19.0 Å². The van der Waals surface area contributed by atoms with Crippen molar-refractivity contribution in [1.82, 2.24) is 4.98 Å². The van der Waals surface area contributed by atoms with Crippen LogP contribution in [0, 0.1) is 0 Å². The van der Waals surface area contributed by atoms with E-state index in [9.17, 15) is 0 Å². The first-order chi connectivity index (χ1) is 5.86. The van der Waals surface area contributed by atoms with Crippen molar-refractivity contribution in [3.63, 3.8) is 0 Å². The number of aryl methyl sites for hydroxylation is 1. The lowest BCUT2D eigenvalue weighted by Gasteiger charge is -1.95. The van der Waals surface area contributed by atoms with E-state index in [1.54, 1.807) is 0 Å². The van der Waals surface area contributed by atoms with E-state index < -0.39 is 0 Å². The van der Waals surface area contributed by atoms with Crippen molar-refractivity contribution in [2.75, 3.05) is 0 Å². The highest BCUT2D eigenvalue weighted by Crippen LogP contribution is 2.25. The van der Waals surface area contributed by atoms with Gasteiger partial charge in [0.05, 0.1) is 12.2 Å². The van der Waals surface area contributed by atoms with E-state index in [4.69, 9.17) is 4.74 Å². The quantitative estimate of drug-likeness (QED) is 0.635. The zero-order valence-electron chi connectivity index (χ0n) is 7.23. The van der Waals surface area contributed by atoms with Gasteiger partial charge < -0.3 is 4.74 Å². The third kappa shape index (κ3) is 1.83. The summed E-state index contributed by atoms with van der Waals surface area (Å²) in [5.74, 6) is 0. The van der Waals surface area contributed by atoms with E-state index in [1.807, 2.05) is 18.3 Å². The van der Waals surface area contributed by atoms with Gasteiger partial charge in [0.1, 0.15) is 0 Å². The van der Waals surface area contributed by atoms with Crippen molar-refractivity contribution in [3.8, 4) is 0 Å². The average molecular weight is 163 g/mol. The first-order valence-electron chi connectivity index (χ1n) is 4.41. The first kappa shape index (κ1) is 7.74. The van der Waals surface area contributed by atoms with Crippen LogP contribution < -0.4 is 0 Å². The molecule has 2 heteroatoms. The van der Waals surface area contributed by atoms with Crippen LogP contribution in [0.5, 0.6) is 0 Å². The van der Waals surface area contributed by atoms with E-state index in [2.05, 4.69) is 18.0 Å². The minimum absolute atomic E-state index is 0.480. The predicted octanol–water partition coefficient (Wildman–Crippen LogP) is 1.80. The smallest absolute Gasteiger partial charge is 0.0842 e. The van der Waals surface area contributed by atoms with Crippen LogP contribution in [-0.4, -0.2) is 17.2 Å².